The molecule has 0 spiro atoms. The van der Waals surface area contributed by atoms with Crippen molar-refractivity contribution in [3.05, 3.63) is 51.2 Å². The van der Waals surface area contributed by atoms with E-state index in [0.29, 0.717) is 12.1 Å². The van der Waals surface area contributed by atoms with Crippen LogP contribution in [0.5, 0.6) is 0 Å². The van der Waals surface area contributed by atoms with E-state index in [9.17, 15) is 19.5 Å². The Morgan fingerprint density at radius 3 is 2.46 bits per heavy atom. The van der Waals surface area contributed by atoms with Gasteiger partial charge in [0.25, 0.3) is 5.56 Å². The molecule has 1 amide bonds. The summed E-state index contributed by atoms with van der Waals surface area (Å²) in [6.07, 6.45) is 0.606. The number of carbonyl (C=O) groups excluding carboxylic acids is 1. The molecule has 0 aliphatic carbocycles. The number of benzene rings is 1. The van der Waals surface area contributed by atoms with Gasteiger partial charge < -0.3 is 10.4 Å². The van der Waals surface area contributed by atoms with Crippen molar-refractivity contribution in [1.29, 1.82) is 0 Å². The zero-order valence-corrected chi connectivity index (χ0v) is 16.1. The van der Waals surface area contributed by atoms with E-state index in [1.807, 2.05) is 31.2 Å². The zero-order chi connectivity index (χ0) is 19.3. The number of carboxylic acids is 1. The van der Waals surface area contributed by atoms with Gasteiger partial charge in [-0.3, -0.25) is 9.59 Å². The van der Waals surface area contributed by atoms with Gasteiger partial charge in [0.15, 0.2) is 0 Å². The molecule has 0 unspecified atom stereocenters. The number of nitrogens with one attached hydrogen (secondary N) is 1. The van der Waals surface area contributed by atoms with Crippen molar-refractivity contribution < 1.29 is 14.7 Å². The second kappa shape index (κ2) is 8.75. The largest absolute Gasteiger partial charge is 0.480 e. The molecular formula is C18H20BrN3O4. The summed E-state index contributed by atoms with van der Waals surface area (Å²) in [7, 11) is 0. The van der Waals surface area contributed by atoms with E-state index >= 15 is 0 Å². The Hall–Kier alpha value is -2.48. The van der Waals surface area contributed by atoms with Gasteiger partial charge in [0.2, 0.25) is 5.91 Å². The molecule has 0 fully saturated rings. The molecule has 0 radical (unpaired) electrons. The summed E-state index contributed by atoms with van der Waals surface area (Å²) in [6.45, 7) is 3.25. The van der Waals surface area contributed by atoms with Gasteiger partial charge in [0.1, 0.15) is 12.6 Å². The molecule has 0 saturated carbocycles. The van der Waals surface area contributed by atoms with Crippen LogP contribution in [-0.4, -0.2) is 32.8 Å². The number of amides is 1. The minimum atomic E-state index is -1.10. The van der Waals surface area contributed by atoms with E-state index in [1.165, 1.54) is 6.07 Å². The molecule has 2 rings (SSSR count). The average Bonchev–Trinajstić information content (AvgIpc) is 2.61. The van der Waals surface area contributed by atoms with Crippen LogP contribution in [0.3, 0.4) is 0 Å². The Bertz CT molecular complexity index is 848. The van der Waals surface area contributed by atoms with E-state index in [-0.39, 0.29) is 12.5 Å². The highest BCUT2D eigenvalue weighted by atomic mass is 79.9. The van der Waals surface area contributed by atoms with Crippen molar-refractivity contribution in [1.82, 2.24) is 15.1 Å². The Kier molecular flexibility index (Phi) is 6.68. The van der Waals surface area contributed by atoms with Gasteiger partial charge >= 0.3 is 5.97 Å². The number of aromatic nitrogens is 2. The van der Waals surface area contributed by atoms with Crippen molar-refractivity contribution in [2.24, 2.45) is 5.92 Å². The number of aliphatic carboxylic acids is 1. The smallest absolute Gasteiger partial charge is 0.326 e. The number of carboxylic acid groups (broad SMARTS) is 1. The molecular weight excluding hydrogens is 402 g/mol. The van der Waals surface area contributed by atoms with Gasteiger partial charge in [-0.05, 0) is 24.1 Å². The normalized spacial score (nSPS) is 13.0. The molecule has 2 N–H and O–H groups in total. The van der Waals surface area contributed by atoms with Crippen molar-refractivity contribution in [2.45, 2.75) is 32.9 Å². The summed E-state index contributed by atoms with van der Waals surface area (Å²) in [5, 5.41) is 15.9. The molecule has 1 heterocycles. The Balaban J connectivity index is 2.19. The lowest BCUT2D eigenvalue weighted by molar-refractivity contribution is -0.143. The van der Waals surface area contributed by atoms with E-state index < -0.39 is 23.5 Å². The average molecular weight is 422 g/mol. The summed E-state index contributed by atoms with van der Waals surface area (Å²) in [5.74, 6) is -1.90. The third kappa shape index (κ3) is 5.01. The standard InChI is InChI=1S/C18H20BrN3O4/c1-3-11(2)17(18(25)26)20-15(23)10-22-16(24)9-8-14(21-22)12-4-6-13(19)7-5-12/h4-9,11,17H,3,10H2,1-2H3,(H,20,23)(H,25,26)/t11-,17-/m1/s1. The summed E-state index contributed by atoms with van der Waals surface area (Å²) in [4.78, 5) is 35.5. The number of hydrogen-bond acceptors (Lipinski definition) is 4. The molecule has 0 aliphatic rings. The first-order valence-corrected chi connectivity index (χ1v) is 8.97. The van der Waals surface area contributed by atoms with Crippen LogP contribution in [-0.2, 0) is 16.1 Å². The fraction of sp³-hybridized carbons (Fsp3) is 0.333. The highest BCUT2D eigenvalue weighted by Crippen LogP contribution is 2.18. The summed E-state index contributed by atoms with van der Waals surface area (Å²) < 4.78 is 1.95. The topological polar surface area (TPSA) is 101 Å². The van der Waals surface area contributed by atoms with Crippen molar-refractivity contribution in [3.63, 3.8) is 0 Å². The lowest BCUT2D eigenvalue weighted by Crippen LogP contribution is -2.47. The number of rotatable bonds is 7. The van der Waals surface area contributed by atoms with Crippen molar-refractivity contribution in [2.75, 3.05) is 0 Å². The number of carbonyl (C=O) groups is 2. The third-order valence-electron chi connectivity index (χ3n) is 4.10. The number of hydrogen-bond donors (Lipinski definition) is 2. The summed E-state index contributed by atoms with van der Waals surface area (Å²) >= 11 is 3.35. The van der Waals surface area contributed by atoms with Crippen LogP contribution >= 0.6 is 15.9 Å². The molecule has 1 aromatic carbocycles. The van der Waals surface area contributed by atoms with E-state index in [4.69, 9.17) is 0 Å². The summed E-state index contributed by atoms with van der Waals surface area (Å²) in [6, 6.07) is 9.29. The predicted octanol–water partition coefficient (Wildman–Crippen LogP) is 2.29. The Morgan fingerprint density at radius 2 is 1.88 bits per heavy atom. The first-order valence-electron chi connectivity index (χ1n) is 8.18. The fourth-order valence-corrected chi connectivity index (χ4v) is 2.64. The minimum Gasteiger partial charge on any atom is -0.480 e. The lowest BCUT2D eigenvalue weighted by atomic mass is 9.99. The number of nitrogens with zero attached hydrogens (tertiary/aromatic N) is 2. The Labute approximate surface area is 159 Å². The maximum atomic E-state index is 12.2. The molecule has 0 bridgehead atoms. The first-order chi connectivity index (χ1) is 12.3. The summed E-state index contributed by atoms with van der Waals surface area (Å²) in [5.41, 5.74) is 0.906. The van der Waals surface area contributed by atoms with E-state index in [0.717, 1.165) is 14.7 Å². The second-order valence-corrected chi connectivity index (χ2v) is 6.91. The monoisotopic (exact) mass is 421 g/mol. The zero-order valence-electron chi connectivity index (χ0n) is 14.5. The van der Waals surface area contributed by atoms with Crippen LogP contribution in [0.1, 0.15) is 20.3 Å². The van der Waals surface area contributed by atoms with E-state index in [1.54, 1.807) is 13.0 Å². The van der Waals surface area contributed by atoms with Crippen LogP contribution in [0.25, 0.3) is 11.3 Å². The van der Waals surface area contributed by atoms with E-state index in [2.05, 4.69) is 26.3 Å². The van der Waals surface area contributed by atoms with Gasteiger partial charge in [-0.25, -0.2) is 9.48 Å². The molecule has 1 aromatic heterocycles. The molecule has 138 valence electrons. The predicted molar refractivity (Wildman–Crippen MR) is 101 cm³/mol. The van der Waals surface area contributed by atoms with Crippen LogP contribution < -0.4 is 10.9 Å². The lowest BCUT2D eigenvalue weighted by Gasteiger charge is -2.20. The van der Waals surface area contributed by atoms with Crippen LogP contribution in [0.2, 0.25) is 0 Å². The highest BCUT2D eigenvalue weighted by Gasteiger charge is 2.25. The molecule has 7 nitrogen and oxygen atoms in total. The molecule has 2 atom stereocenters. The first kappa shape index (κ1) is 19.8. The Morgan fingerprint density at radius 1 is 1.23 bits per heavy atom. The van der Waals surface area contributed by atoms with Gasteiger partial charge in [0, 0.05) is 16.1 Å². The molecule has 0 aliphatic heterocycles. The minimum absolute atomic E-state index is 0.227. The fourth-order valence-electron chi connectivity index (χ4n) is 2.38. The molecule has 8 heteroatoms. The quantitative estimate of drug-likeness (QED) is 0.713. The van der Waals surface area contributed by atoms with Crippen molar-refractivity contribution >= 4 is 27.8 Å². The molecule has 2 aromatic rings. The van der Waals surface area contributed by atoms with Gasteiger partial charge in [-0.15, -0.1) is 0 Å². The van der Waals surface area contributed by atoms with Crippen LogP contribution in [0.15, 0.2) is 45.7 Å². The maximum absolute atomic E-state index is 12.2. The molecule has 26 heavy (non-hydrogen) atoms. The second-order valence-electron chi connectivity index (χ2n) is 5.99. The van der Waals surface area contributed by atoms with Gasteiger partial charge in [-0.2, -0.15) is 5.10 Å². The maximum Gasteiger partial charge on any atom is 0.326 e. The van der Waals surface area contributed by atoms with Gasteiger partial charge in [0.05, 0.1) is 5.69 Å². The SMILES string of the molecule is CC[C@@H](C)[C@@H](NC(=O)Cn1nc(-c2ccc(Br)cc2)ccc1=O)C(=O)O. The van der Waals surface area contributed by atoms with Crippen LogP contribution in [0, 0.1) is 5.92 Å². The molecule has 0 saturated heterocycles. The van der Waals surface area contributed by atoms with Crippen LogP contribution in [0.4, 0.5) is 0 Å². The van der Waals surface area contributed by atoms with Gasteiger partial charge in [-0.1, -0.05) is 48.3 Å². The third-order valence-corrected chi connectivity index (χ3v) is 4.62. The van der Waals surface area contributed by atoms with Crippen molar-refractivity contribution in [3.8, 4) is 11.3 Å². The number of halogens is 1. The highest BCUT2D eigenvalue weighted by molar-refractivity contribution is 9.10.